The van der Waals surface area contributed by atoms with Crippen LogP contribution in [-0.2, 0) is 4.79 Å². The van der Waals surface area contributed by atoms with Crippen molar-refractivity contribution in [3.05, 3.63) is 62.1 Å². The maximum atomic E-state index is 12.8. The Bertz CT molecular complexity index is 1010. The minimum absolute atomic E-state index is 0.264. The molecule has 1 saturated heterocycles. The fraction of sp³-hybridized carbons (Fsp3) is 0.190. The number of nitrogens with zero attached hydrogens (tertiary/aromatic N) is 1. The number of thioether (sulfide) groups is 1. The van der Waals surface area contributed by atoms with Crippen molar-refractivity contribution >= 4 is 68.8 Å². The third-order valence-corrected chi connectivity index (χ3v) is 6.15. The van der Waals surface area contributed by atoms with Crippen LogP contribution in [0.3, 0.4) is 0 Å². The summed E-state index contributed by atoms with van der Waals surface area (Å²) in [5.41, 5.74) is 3.79. The van der Waals surface area contributed by atoms with Gasteiger partial charge in [-0.2, -0.15) is 5.01 Å². The summed E-state index contributed by atoms with van der Waals surface area (Å²) in [5.74, 6) is 0.491. The Balaban J connectivity index is 1.81. The van der Waals surface area contributed by atoms with Gasteiger partial charge in [-0.15, -0.1) is 0 Å². The van der Waals surface area contributed by atoms with Crippen LogP contribution in [-0.4, -0.2) is 34.9 Å². The molecule has 1 aliphatic heterocycles. The first-order chi connectivity index (χ1) is 14.4. The lowest BCUT2D eigenvalue weighted by Crippen LogP contribution is -2.44. The van der Waals surface area contributed by atoms with Crippen molar-refractivity contribution in [2.45, 2.75) is 13.3 Å². The number of thiocarbonyl (C=S) groups is 1. The smallest absolute Gasteiger partial charge is 0.285 e. The van der Waals surface area contributed by atoms with E-state index in [1.807, 2.05) is 25.1 Å². The Kier molecular flexibility index (Phi) is 7.73. The molecule has 0 atom stereocenters. The topological polar surface area (TPSA) is 67.9 Å². The number of amides is 2. The van der Waals surface area contributed by atoms with Gasteiger partial charge in [0.2, 0.25) is 0 Å². The molecule has 0 aliphatic carbocycles. The third-order valence-electron chi connectivity index (χ3n) is 4.04. The van der Waals surface area contributed by atoms with Crippen LogP contribution >= 0.6 is 46.6 Å². The first kappa shape index (κ1) is 22.6. The van der Waals surface area contributed by atoms with Gasteiger partial charge in [-0.25, -0.2) is 0 Å². The molecule has 3 rings (SSSR count). The Morgan fingerprint density at radius 3 is 2.70 bits per heavy atom. The number of ether oxygens (including phenoxy) is 2. The molecule has 2 aromatic rings. The van der Waals surface area contributed by atoms with E-state index in [-0.39, 0.29) is 10.2 Å². The van der Waals surface area contributed by atoms with Gasteiger partial charge in [0.15, 0.2) is 15.8 Å². The van der Waals surface area contributed by atoms with Gasteiger partial charge in [-0.1, -0.05) is 36.9 Å². The number of nitrogens with one attached hydrogen (secondary N) is 1. The molecule has 30 heavy (non-hydrogen) atoms. The Labute approximate surface area is 198 Å². The zero-order valence-electron chi connectivity index (χ0n) is 16.3. The molecular formula is C21H19IN2O4S2. The molecule has 0 radical (unpaired) electrons. The summed E-state index contributed by atoms with van der Waals surface area (Å²) >= 11 is 8.60. The van der Waals surface area contributed by atoms with E-state index in [1.165, 1.54) is 0 Å². The number of benzene rings is 2. The van der Waals surface area contributed by atoms with Crippen LogP contribution in [0.1, 0.15) is 29.3 Å². The summed E-state index contributed by atoms with van der Waals surface area (Å²) in [6.07, 6.45) is 2.61. The van der Waals surface area contributed by atoms with Crippen molar-refractivity contribution in [2.75, 3.05) is 13.7 Å². The van der Waals surface area contributed by atoms with Crippen molar-refractivity contribution in [1.29, 1.82) is 0 Å². The summed E-state index contributed by atoms with van der Waals surface area (Å²) in [7, 11) is 1.58. The summed E-state index contributed by atoms with van der Waals surface area (Å²) in [4.78, 5) is 25.6. The van der Waals surface area contributed by atoms with E-state index in [4.69, 9.17) is 21.7 Å². The van der Waals surface area contributed by atoms with Crippen LogP contribution in [0.15, 0.2) is 47.4 Å². The van der Waals surface area contributed by atoms with Crippen molar-refractivity contribution in [1.82, 2.24) is 10.4 Å². The molecule has 0 bridgehead atoms. The van der Waals surface area contributed by atoms with E-state index >= 15 is 0 Å². The monoisotopic (exact) mass is 554 g/mol. The molecule has 6 nitrogen and oxygen atoms in total. The van der Waals surface area contributed by atoms with Crippen LogP contribution in [0.4, 0.5) is 0 Å². The van der Waals surface area contributed by atoms with Crippen LogP contribution in [0.5, 0.6) is 11.5 Å². The molecule has 0 saturated carbocycles. The predicted molar refractivity (Wildman–Crippen MR) is 130 cm³/mol. The maximum Gasteiger partial charge on any atom is 0.285 e. The number of carbonyl (C=O) groups is 2. The number of hydrogen-bond acceptors (Lipinski definition) is 6. The molecule has 1 heterocycles. The van der Waals surface area contributed by atoms with E-state index in [2.05, 4.69) is 28.0 Å². The quantitative estimate of drug-likeness (QED) is 0.306. The minimum Gasteiger partial charge on any atom is -0.493 e. The number of carbonyl (C=O) groups excluding carboxylic acids is 2. The standard InChI is InChI=1S/C21H19IN2O4S2/c1-3-9-28-18-15(22)10-13(11-16(18)27-2)12-17-20(26)24(21(29)30-17)23-19(25)14-7-5-4-6-8-14/h4-8,10-12H,3,9H2,1-2H3,(H,23,25)/b17-12-. The highest BCUT2D eigenvalue weighted by Crippen LogP contribution is 2.37. The van der Waals surface area contributed by atoms with Crippen LogP contribution in [0, 0.1) is 3.57 Å². The lowest BCUT2D eigenvalue weighted by molar-refractivity contribution is -0.123. The van der Waals surface area contributed by atoms with Crippen LogP contribution in [0.2, 0.25) is 0 Å². The van der Waals surface area contributed by atoms with Crippen molar-refractivity contribution in [3.8, 4) is 11.5 Å². The first-order valence-electron chi connectivity index (χ1n) is 9.09. The Morgan fingerprint density at radius 2 is 2.03 bits per heavy atom. The van der Waals surface area contributed by atoms with Crippen molar-refractivity contribution in [2.24, 2.45) is 0 Å². The normalized spacial score (nSPS) is 14.9. The third kappa shape index (κ3) is 5.13. The van der Waals surface area contributed by atoms with Gasteiger partial charge >= 0.3 is 0 Å². The summed E-state index contributed by atoms with van der Waals surface area (Å²) in [5, 5.41) is 1.10. The zero-order chi connectivity index (χ0) is 21.7. The van der Waals surface area contributed by atoms with E-state index in [0.717, 1.165) is 32.3 Å². The average Bonchev–Trinajstić information content (AvgIpc) is 3.00. The van der Waals surface area contributed by atoms with E-state index in [9.17, 15) is 9.59 Å². The number of hydrogen-bond donors (Lipinski definition) is 1. The number of rotatable bonds is 7. The number of methoxy groups -OCH3 is 1. The van der Waals surface area contributed by atoms with Crippen LogP contribution < -0.4 is 14.9 Å². The molecule has 0 aromatic heterocycles. The summed E-state index contributed by atoms with van der Waals surface area (Å²) in [6.45, 7) is 2.62. The van der Waals surface area contributed by atoms with Gasteiger partial charge in [-0.3, -0.25) is 15.0 Å². The van der Waals surface area contributed by atoms with Gasteiger partial charge in [0.25, 0.3) is 11.8 Å². The molecule has 156 valence electrons. The molecule has 2 amide bonds. The summed E-state index contributed by atoms with van der Waals surface area (Å²) < 4.78 is 12.4. The molecule has 1 N–H and O–H groups in total. The van der Waals surface area contributed by atoms with Gasteiger partial charge < -0.3 is 9.47 Å². The second-order valence-corrected chi connectivity index (χ2v) is 9.04. The first-order valence-corrected chi connectivity index (χ1v) is 11.4. The number of hydrazine groups is 1. The number of halogens is 1. The van der Waals surface area contributed by atoms with E-state index in [0.29, 0.717) is 28.6 Å². The second-order valence-electron chi connectivity index (χ2n) is 6.21. The zero-order valence-corrected chi connectivity index (χ0v) is 20.1. The molecule has 1 fully saturated rings. The van der Waals surface area contributed by atoms with Gasteiger partial charge in [0, 0.05) is 5.56 Å². The molecule has 0 spiro atoms. The molecule has 9 heteroatoms. The SMILES string of the molecule is CCCOc1c(I)cc(/C=C2\SC(=S)N(NC(=O)c3ccccc3)C2=O)cc1OC. The Hall–Kier alpha value is -2.11. The fourth-order valence-corrected chi connectivity index (χ4v) is 4.60. The van der Waals surface area contributed by atoms with Crippen LogP contribution in [0.25, 0.3) is 6.08 Å². The molecule has 0 unspecified atom stereocenters. The average molecular weight is 554 g/mol. The molecule has 1 aliphatic rings. The molecule has 2 aromatic carbocycles. The van der Waals surface area contributed by atoms with E-state index in [1.54, 1.807) is 37.5 Å². The maximum absolute atomic E-state index is 12.8. The van der Waals surface area contributed by atoms with E-state index < -0.39 is 5.91 Å². The van der Waals surface area contributed by atoms with Gasteiger partial charge in [0.05, 0.1) is 22.2 Å². The lowest BCUT2D eigenvalue weighted by Gasteiger charge is -2.15. The fourth-order valence-electron chi connectivity index (χ4n) is 2.64. The molecular weight excluding hydrogens is 535 g/mol. The van der Waals surface area contributed by atoms with Crippen molar-refractivity contribution in [3.63, 3.8) is 0 Å². The van der Waals surface area contributed by atoms with Crippen molar-refractivity contribution < 1.29 is 19.1 Å². The Morgan fingerprint density at radius 1 is 1.30 bits per heavy atom. The highest BCUT2D eigenvalue weighted by molar-refractivity contribution is 14.1. The summed E-state index contributed by atoms with van der Waals surface area (Å²) in [6, 6.07) is 12.4. The highest BCUT2D eigenvalue weighted by atomic mass is 127. The van der Waals surface area contributed by atoms with Gasteiger partial charge in [-0.05, 0) is 77.1 Å². The highest BCUT2D eigenvalue weighted by Gasteiger charge is 2.33. The lowest BCUT2D eigenvalue weighted by atomic mass is 10.2. The largest absolute Gasteiger partial charge is 0.493 e. The van der Waals surface area contributed by atoms with Gasteiger partial charge in [0.1, 0.15) is 0 Å². The minimum atomic E-state index is -0.401. The second kappa shape index (κ2) is 10.3. The predicted octanol–water partition coefficient (Wildman–Crippen LogP) is 4.63.